The van der Waals surface area contributed by atoms with E-state index in [0.717, 1.165) is 12.5 Å². The second-order valence-corrected chi connectivity index (χ2v) is 5.45. The standard InChI is InChI=1S/C13H24N4/c1-9-5-10(2)17(8-9)13(6-14)12-7-15-16(4)11(12)3/h7,9-10,13H,5-6,8,14H2,1-4H3. The SMILES string of the molecule is Cc1c(C(CN)N2CC(C)CC2C)cnn1C. The first-order chi connectivity index (χ1) is 8.04. The number of hydrogen-bond acceptors (Lipinski definition) is 3. The average Bonchev–Trinajstić information content (AvgIpc) is 2.77. The van der Waals surface area contributed by atoms with Crippen LogP contribution in [-0.4, -0.2) is 33.8 Å². The Morgan fingerprint density at radius 3 is 2.65 bits per heavy atom. The highest BCUT2D eigenvalue weighted by atomic mass is 15.3. The van der Waals surface area contributed by atoms with Crippen molar-refractivity contribution >= 4 is 0 Å². The Morgan fingerprint density at radius 2 is 2.24 bits per heavy atom. The summed E-state index contributed by atoms with van der Waals surface area (Å²) in [5.41, 5.74) is 8.51. The van der Waals surface area contributed by atoms with Crippen LogP contribution in [-0.2, 0) is 7.05 Å². The van der Waals surface area contributed by atoms with Gasteiger partial charge in [0.05, 0.1) is 12.2 Å². The van der Waals surface area contributed by atoms with Gasteiger partial charge in [-0.3, -0.25) is 9.58 Å². The van der Waals surface area contributed by atoms with Crippen molar-refractivity contribution in [3.8, 4) is 0 Å². The highest BCUT2D eigenvalue weighted by molar-refractivity contribution is 5.21. The maximum Gasteiger partial charge on any atom is 0.0540 e. The van der Waals surface area contributed by atoms with E-state index in [1.807, 2.05) is 17.9 Å². The number of aromatic nitrogens is 2. The summed E-state index contributed by atoms with van der Waals surface area (Å²) in [6, 6.07) is 0.946. The Kier molecular flexibility index (Phi) is 3.54. The van der Waals surface area contributed by atoms with Gasteiger partial charge in [0, 0.05) is 37.4 Å². The molecule has 2 N–H and O–H groups in total. The molecule has 1 aromatic heterocycles. The van der Waals surface area contributed by atoms with Gasteiger partial charge in [0.2, 0.25) is 0 Å². The quantitative estimate of drug-likeness (QED) is 0.864. The molecule has 1 fully saturated rings. The summed E-state index contributed by atoms with van der Waals surface area (Å²) in [7, 11) is 1.99. The van der Waals surface area contributed by atoms with Gasteiger partial charge in [-0.1, -0.05) is 6.92 Å². The normalized spacial score (nSPS) is 27.6. The molecule has 1 aliphatic rings. The summed E-state index contributed by atoms with van der Waals surface area (Å²) >= 11 is 0. The number of rotatable bonds is 3. The van der Waals surface area contributed by atoms with Crippen LogP contribution in [0.25, 0.3) is 0 Å². The predicted octanol–water partition coefficient (Wildman–Crippen LogP) is 1.46. The molecule has 0 amide bonds. The Morgan fingerprint density at radius 1 is 1.53 bits per heavy atom. The molecule has 2 heterocycles. The summed E-state index contributed by atoms with van der Waals surface area (Å²) in [5, 5.41) is 4.33. The molecule has 96 valence electrons. The molecule has 1 saturated heterocycles. The largest absolute Gasteiger partial charge is 0.329 e. The fourth-order valence-corrected chi connectivity index (χ4v) is 3.05. The molecular weight excluding hydrogens is 212 g/mol. The molecule has 2 rings (SSSR count). The lowest BCUT2D eigenvalue weighted by Crippen LogP contribution is -2.36. The molecular formula is C13H24N4. The fourth-order valence-electron chi connectivity index (χ4n) is 3.05. The Balaban J connectivity index is 2.25. The van der Waals surface area contributed by atoms with Crippen molar-refractivity contribution in [2.45, 2.75) is 39.3 Å². The molecule has 1 aliphatic heterocycles. The molecule has 17 heavy (non-hydrogen) atoms. The monoisotopic (exact) mass is 236 g/mol. The van der Waals surface area contributed by atoms with Crippen molar-refractivity contribution in [3.63, 3.8) is 0 Å². The van der Waals surface area contributed by atoms with E-state index in [4.69, 9.17) is 5.73 Å². The predicted molar refractivity (Wildman–Crippen MR) is 69.7 cm³/mol. The van der Waals surface area contributed by atoms with Crippen LogP contribution in [0.1, 0.15) is 37.6 Å². The molecule has 0 saturated carbocycles. The van der Waals surface area contributed by atoms with Gasteiger partial charge in [-0.25, -0.2) is 0 Å². The van der Waals surface area contributed by atoms with Crippen molar-refractivity contribution in [2.24, 2.45) is 18.7 Å². The third-order valence-electron chi connectivity index (χ3n) is 4.09. The molecule has 3 unspecified atom stereocenters. The Hall–Kier alpha value is -0.870. The van der Waals surface area contributed by atoms with Crippen LogP contribution in [0.4, 0.5) is 0 Å². The minimum absolute atomic E-state index is 0.323. The minimum Gasteiger partial charge on any atom is -0.329 e. The third kappa shape index (κ3) is 2.24. The number of nitrogens with two attached hydrogens (primary N) is 1. The van der Waals surface area contributed by atoms with Gasteiger partial charge in [-0.15, -0.1) is 0 Å². The Labute approximate surface area is 104 Å². The molecule has 0 aromatic carbocycles. The van der Waals surface area contributed by atoms with Crippen LogP contribution in [0, 0.1) is 12.8 Å². The van der Waals surface area contributed by atoms with Gasteiger partial charge < -0.3 is 5.73 Å². The summed E-state index contributed by atoms with van der Waals surface area (Å²) in [4.78, 5) is 2.54. The number of aryl methyl sites for hydroxylation is 1. The summed E-state index contributed by atoms with van der Waals surface area (Å²) in [5.74, 6) is 0.774. The van der Waals surface area contributed by atoms with Gasteiger partial charge >= 0.3 is 0 Å². The van der Waals surface area contributed by atoms with Crippen LogP contribution >= 0.6 is 0 Å². The van der Waals surface area contributed by atoms with Crippen molar-refractivity contribution in [2.75, 3.05) is 13.1 Å². The zero-order chi connectivity index (χ0) is 12.6. The average molecular weight is 236 g/mol. The summed E-state index contributed by atoms with van der Waals surface area (Å²) in [6.07, 6.45) is 3.25. The van der Waals surface area contributed by atoms with E-state index in [1.165, 1.54) is 17.7 Å². The minimum atomic E-state index is 0.323. The smallest absolute Gasteiger partial charge is 0.0540 e. The number of nitrogens with zero attached hydrogens (tertiary/aromatic N) is 3. The lowest BCUT2D eigenvalue weighted by Gasteiger charge is -2.30. The second kappa shape index (κ2) is 4.78. The highest BCUT2D eigenvalue weighted by Gasteiger charge is 2.33. The van der Waals surface area contributed by atoms with Gasteiger partial charge in [-0.05, 0) is 26.2 Å². The first-order valence-corrected chi connectivity index (χ1v) is 6.48. The van der Waals surface area contributed by atoms with E-state index in [-0.39, 0.29) is 0 Å². The first-order valence-electron chi connectivity index (χ1n) is 6.48. The highest BCUT2D eigenvalue weighted by Crippen LogP contribution is 2.32. The van der Waals surface area contributed by atoms with E-state index in [2.05, 4.69) is 30.8 Å². The maximum atomic E-state index is 5.99. The van der Waals surface area contributed by atoms with E-state index in [9.17, 15) is 0 Å². The number of likely N-dealkylation sites (tertiary alicyclic amines) is 1. The lowest BCUT2D eigenvalue weighted by atomic mass is 10.1. The maximum absolute atomic E-state index is 5.99. The zero-order valence-electron chi connectivity index (χ0n) is 11.3. The van der Waals surface area contributed by atoms with Crippen LogP contribution in [0.5, 0.6) is 0 Å². The molecule has 4 nitrogen and oxygen atoms in total. The molecule has 0 aliphatic carbocycles. The molecule has 3 atom stereocenters. The molecule has 0 radical (unpaired) electrons. The topological polar surface area (TPSA) is 47.1 Å². The zero-order valence-corrected chi connectivity index (χ0v) is 11.3. The van der Waals surface area contributed by atoms with E-state index < -0.39 is 0 Å². The van der Waals surface area contributed by atoms with E-state index in [1.54, 1.807) is 0 Å². The van der Waals surface area contributed by atoms with Crippen molar-refractivity contribution < 1.29 is 0 Å². The van der Waals surface area contributed by atoms with Gasteiger partial charge in [0.15, 0.2) is 0 Å². The second-order valence-electron chi connectivity index (χ2n) is 5.45. The van der Waals surface area contributed by atoms with Crippen molar-refractivity contribution in [3.05, 3.63) is 17.5 Å². The number of hydrogen-bond donors (Lipinski definition) is 1. The van der Waals surface area contributed by atoms with Gasteiger partial charge in [-0.2, -0.15) is 5.10 Å². The third-order valence-corrected chi connectivity index (χ3v) is 4.09. The molecule has 0 spiro atoms. The lowest BCUT2D eigenvalue weighted by molar-refractivity contribution is 0.191. The van der Waals surface area contributed by atoms with Crippen LogP contribution in [0.2, 0.25) is 0 Å². The fraction of sp³-hybridized carbons (Fsp3) is 0.769. The summed E-state index contributed by atoms with van der Waals surface area (Å²) < 4.78 is 1.93. The van der Waals surface area contributed by atoms with E-state index in [0.29, 0.717) is 18.6 Å². The van der Waals surface area contributed by atoms with Crippen LogP contribution < -0.4 is 5.73 Å². The van der Waals surface area contributed by atoms with Crippen molar-refractivity contribution in [1.29, 1.82) is 0 Å². The first kappa shape index (κ1) is 12.6. The van der Waals surface area contributed by atoms with E-state index >= 15 is 0 Å². The van der Waals surface area contributed by atoms with Gasteiger partial charge in [0.25, 0.3) is 0 Å². The van der Waals surface area contributed by atoms with Crippen LogP contribution in [0.15, 0.2) is 6.20 Å². The van der Waals surface area contributed by atoms with Gasteiger partial charge in [0.1, 0.15) is 0 Å². The van der Waals surface area contributed by atoms with Crippen LogP contribution in [0.3, 0.4) is 0 Å². The summed E-state index contributed by atoms with van der Waals surface area (Å²) in [6.45, 7) is 8.56. The molecule has 4 heteroatoms. The Bertz CT molecular complexity index is 385. The molecule has 0 bridgehead atoms. The van der Waals surface area contributed by atoms with Crippen molar-refractivity contribution in [1.82, 2.24) is 14.7 Å². The molecule has 1 aromatic rings.